The Morgan fingerprint density at radius 2 is 2.00 bits per heavy atom. The monoisotopic (exact) mass is 455 g/mol. The number of anilines is 1. The summed E-state index contributed by atoms with van der Waals surface area (Å²) in [6.07, 6.45) is 7.16. The molecule has 4 aromatic rings. The van der Waals surface area contributed by atoms with Crippen LogP contribution in [0.2, 0.25) is 5.15 Å². The van der Waals surface area contributed by atoms with Gasteiger partial charge in [0.25, 0.3) is 0 Å². The van der Waals surface area contributed by atoms with Crippen LogP contribution in [0.1, 0.15) is 36.8 Å². The summed E-state index contributed by atoms with van der Waals surface area (Å²) >= 11 is 7.86. The number of amides is 1. The average Bonchev–Trinajstić information content (AvgIpc) is 3.29. The minimum atomic E-state index is -0.630. The highest BCUT2D eigenvalue weighted by Gasteiger charge is 2.27. The van der Waals surface area contributed by atoms with E-state index < -0.39 is 11.7 Å². The molecule has 0 spiro atoms. The zero-order valence-corrected chi connectivity index (χ0v) is 19.0. The fourth-order valence-corrected chi connectivity index (χ4v) is 4.35. The van der Waals surface area contributed by atoms with Crippen LogP contribution in [0.15, 0.2) is 49.1 Å². The fourth-order valence-electron chi connectivity index (χ4n) is 3.08. The SMILES string of the molecule is CC(C)(C)OC(=O)N(Cc1ccncc1)c1nc(Cl)c(Cc2c[nH]c3ncccc23)s1. The minimum Gasteiger partial charge on any atom is -0.443 e. The predicted molar refractivity (Wildman–Crippen MR) is 123 cm³/mol. The molecule has 0 bridgehead atoms. The quantitative estimate of drug-likeness (QED) is 0.423. The van der Waals surface area contributed by atoms with Crippen molar-refractivity contribution in [2.75, 3.05) is 4.90 Å². The Kier molecular flexibility index (Phi) is 5.93. The molecule has 31 heavy (non-hydrogen) atoms. The van der Waals surface area contributed by atoms with Gasteiger partial charge in [0.15, 0.2) is 5.13 Å². The number of ether oxygens (including phenoxy) is 1. The van der Waals surface area contributed by atoms with Gasteiger partial charge >= 0.3 is 6.09 Å². The first-order valence-corrected chi connectivity index (χ1v) is 11.0. The van der Waals surface area contributed by atoms with Gasteiger partial charge in [0, 0.05) is 36.6 Å². The lowest BCUT2D eigenvalue weighted by Gasteiger charge is -2.25. The molecule has 0 fully saturated rings. The van der Waals surface area contributed by atoms with Crippen molar-refractivity contribution in [2.24, 2.45) is 0 Å². The van der Waals surface area contributed by atoms with E-state index in [1.54, 1.807) is 18.6 Å². The molecule has 0 aliphatic rings. The Hall–Kier alpha value is -2.97. The molecule has 0 radical (unpaired) electrons. The van der Waals surface area contributed by atoms with Gasteiger partial charge in [-0.25, -0.2) is 19.7 Å². The highest BCUT2D eigenvalue weighted by molar-refractivity contribution is 7.16. The summed E-state index contributed by atoms with van der Waals surface area (Å²) in [4.78, 5) is 31.4. The van der Waals surface area contributed by atoms with E-state index in [-0.39, 0.29) is 0 Å². The Labute approximate surface area is 189 Å². The second-order valence-corrected chi connectivity index (χ2v) is 9.44. The van der Waals surface area contributed by atoms with Crippen LogP contribution in [-0.4, -0.2) is 31.6 Å². The third-order valence-electron chi connectivity index (χ3n) is 4.46. The van der Waals surface area contributed by atoms with Crippen LogP contribution in [0, 0.1) is 0 Å². The molecule has 0 saturated carbocycles. The highest BCUT2D eigenvalue weighted by Crippen LogP contribution is 2.34. The Bertz CT molecular complexity index is 1200. The third kappa shape index (κ3) is 5.03. The van der Waals surface area contributed by atoms with Gasteiger partial charge in [-0.15, -0.1) is 0 Å². The van der Waals surface area contributed by atoms with Crippen LogP contribution in [-0.2, 0) is 17.7 Å². The van der Waals surface area contributed by atoms with Crippen molar-refractivity contribution in [3.63, 3.8) is 0 Å². The minimum absolute atomic E-state index is 0.303. The molecule has 0 unspecified atom stereocenters. The van der Waals surface area contributed by atoms with Crippen LogP contribution in [0.25, 0.3) is 11.0 Å². The summed E-state index contributed by atoms with van der Waals surface area (Å²) in [7, 11) is 0. The summed E-state index contributed by atoms with van der Waals surface area (Å²) in [5, 5.41) is 1.90. The number of aromatic amines is 1. The number of pyridine rings is 2. The van der Waals surface area contributed by atoms with E-state index in [1.165, 1.54) is 16.2 Å². The van der Waals surface area contributed by atoms with Crippen molar-refractivity contribution in [3.8, 4) is 0 Å². The molecule has 4 rings (SSSR count). The van der Waals surface area contributed by atoms with Crippen LogP contribution in [0.5, 0.6) is 0 Å². The Morgan fingerprint density at radius 3 is 2.74 bits per heavy atom. The van der Waals surface area contributed by atoms with Crippen molar-refractivity contribution < 1.29 is 9.53 Å². The molecule has 1 N–H and O–H groups in total. The summed E-state index contributed by atoms with van der Waals surface area (Å²) < 4.78 is 5.62. The number of rotatable bonds is 5. The van der Waals surface area contributed by atoms with E-state index in [2.05, 4.69) is 19.9 Å². The third-order valence-corrected chi connectivity index (χ3v) is 5.96. The van der Waals surface area contributed by atoms with E-state index in [4.69, 9.17) is 16.3 Å². The first-order chi connectivity index (χ1) is 14.8. The number of nitrogens with one attached hydrogen (secondary N) is 1. The molecule has 160 valence electrons. The average molecular weight is 456 g/mol. The number of hydrogen-bond acceptors (Lipinski definition) is 6. The molecule has 0 saturated heterocycles. The van der Waals surface area contributed by atoms with Gasteiger partial charge < -0.3 is 9.72 Å². The molecule has 9 heteroatoms. The molecule has 4 heterocycles. The Balaban J connectivity index is 1.64. The number of carbonyl (C=O) groups is 1. The van der Waals surface area contributed by atoms with Crippen LogP contribution in [0.4, 0.5) is 9.93 Å². The van der Waals surface area contributed by atoms with Gasteiger partial charge in [-0.2, -0.15) is 0 Å². The number of halogens is 1. The van der Waals surface area contributed by atoms with Crippen molar-refractivity contribution in [3.05, 3.63) is 70.2 Å². The van der Waals surface area contributed by atoms with Gasteiger partial charge in [0.1, 0.15) is 16.4 Å². The zero-order valence-electron chi connectivity index (χ0n) is 17.4. The number of aromatic nitrogens is 4. The van der Waals surface area contributed by atoms with E-state index in [1.807, 2.05) is 51.2 Å². The maximum Gasteiger partial charge on any atom is 0.416 e. The standard InChI is InChI=1S/C22H22ClN5O2S/c1-22(2,3)30-21(29)28(13-14-6-9-24-10-7-14)20-27-18(23)17(31-20)11-15-12-26-19-16(15)5-4-8-25-19/h4-10,12H,11,13H2,1-3H3,(H,25,26). The largest absolute Gasteiger partial charge is 0.443 e. The van der Waals surface area contributed by atoms with Crippen molar-refractivity contribution in [1.29, 1.82) is 0 Å². The van der Waals surface area contributed by atoms with Gasteiger partial charge in [-0.3, -0.25) is 4.98 Å². The zero-order chi connectivity index (χ0) is 22.0. The van der Waals surface area contributed by atoms with E-state index in [0.29, 0.717) is 23.3 Å². The lowest BCUT2D eigenvalue weighted by atomic mass is 10.1. The molecule has 0 aliphatic carbocycles. The topological polar surface area (TPSA) is 84.0 Å². The fraction of sp³-hybridized carbons (Fsp3) is 0.273. The number of carbonyl (C=O) groups excluding carboxylic acids is 1. The lowest BCUT2D eigenvalue weighted by Crippen LogP contribution is -2.36. The number of hydrogen-bond donors (Lipinski definition) is 1. The Morgan fingerprint density at radius 1 is 1.23 bits per heavy atom. The van der Waals surface area contributed by atoms with Gasteiger partial charge in [0.2, 0.25) is 0 Å². The predicted octanol–water partition coefficient (Wildman–Crippen LogP) is 5.60. The van der Waals surface area contributed by atoms with Crippen molar-refractivity contribution >= 4 is 45.2 Å². The summed E-state index contributed by atoms with van der Waals surface area (Å²) in [6, 6.07) is 7.62. The molecule has 0 aromatic carbocycles. The molecule has 4 aromatic heterocycles. The first kappa shape index (κ1) is 21.3. The molecule has 1 amide bonds. The molecule has 0 aliphatic heterocycles. The number of nitrogens with zero attached hydrogens (tertiary/aromatic N) is 4. The summed E-state index contributed by atoms with van der Waals surface area (Å²) in [5.41, 5.74) is 2.18. The van der Waals surface area contributed by atoms with Crippen LogP contribution < -0.4 is 4.90 Å². The van der Waals surface area contributed by atoms with E-state index >= 15 is 0 Å². The number of thiazole rings is 1. The van der Waals surface area contributed by atoms with Crippen LogP contribution >= 0.6 is 22.9 Å². The molecule has 7 nitrogen and oxygen atoms in total. The normalized spacial score (nSPS) is 11.6. The van der Waals surface area contributed by atoms with E-state index in [9.17, 15) is 4.79 Å². The summed E-state index contributed by atoms with van der Waals surface area (Å²) in [5.74, 6) is 0. The van der Waals surface area contributed by atoms with E-state index in [0.717, 1.165) is 27.0 Å². The molecular weight excluding hydrogens is 434 g/mol. The van der Waals surface area contributed by atoms with Gasteiger partial charge in [-0.1, -0.05) is 22.9 Å². The van der Waals surface area contributed by atoms with Crippen molar-refractivity contribution in [1.82, 2.24) is 19.9 Å². The number of fused-ring (bicyclic) bond motifs is 1. The van der Waals surface area contributed by atoms with Crippen molar-refractivity contribution in [2.45, 2.75) is 39.3 Å². The maximum absolute atomic E-state index is 13.0. The summed E-state index contributed by atoms with van der Waals surface area (Å²) in [6.45, 7) is 5.81. The second-order valence-electron chi connectivity index (χ2n) is 8.02. The van der Waals surface area contributed by atoms with Gasteiger partial charge in [-0.05, 0) is 56.2 Å². The number of H-pyrrole nitrogens is 1. The molecular formula is C22H22ClN5O2S. The van der Waals surface area contributed by atoms with Gasteiger partial charge in [0.05, 0.1) is 11.4 Å². The maximum atomic E-state index is 13.0. The van der Waals surface area contributed by atoms with Crippen LogP contribution in [0.3, 0.4) is 0 Å². The second kappa shape index (κ2) is 8.64. The first-order valence-electron chi connectivity index (χ1n) is 9.76. The molecule has 0 atom stereocenters. The highest BCUT2D eigenvalue weighted by atomic mass is 35.5. The lowest BCUT2D eigenvalue weighted by molar-refractivity contribution is 0.0577. The smallest absolute Gasteiger partial charge is 0.416 e.